The van der Waals surface area contributed by atoms with Crippen molar-refractivity contribution in [3.05, 3.63) is 83.4 Å². The van der Waals surface area contributed by atoms with E-state index in [1.165, 1.54) is 12.8 Å². The number of carbonyl (C=O) groups is 2. The Labute approximate surface area is 213 Å². The second-order valence-electron chi connectivity index (χ2n) is 9.50. The molecule has 0 fully saturated rings. The number of benzene rings is 1. The summed E-state index contributed by atoms with van der Waals surface area (Å²) in [6.45, 7) is 6.56. The van der Waals surface area contributed by atoms with Crippen molar-refractivity contribution >= 4 is 23.2 Å². The minimum atomic E-state index is -0.192. The van der Waals surface area contributed by atoms with Crippen LogP contribution in [0.25, 0.3) is 0 Å². The van der Waals surface area contributed by atoms with Crippen molar-refractivity contribution in [3.63, 3.8) is 0 Å². The Morgan fingerprint density at radius 1 is 0.972 bits per heavy atom. The van der Waals surface area contributed by atoms with Gasteiger partial charge < -0.3 is 10.2 Å². The van der Waals surface area contributed by atoms with Gasteiger partial charge in [-0.1, -0.05) is 25.3 Å². The van der Waals surface area contributed by atoms with Gasteiger partial charge in [-0.05, 0) is 73.8 Å². The molecule has 0 atom stereocenters. The zero-order valence-corrected chi connectivity index (χ0v) is 21.2. The lowest BCUT2D eigenvalue weighted by Gasteiger charge is -2.29. The topological polar surface area (TPSA) is 78.4 Å². The third-order valence-corrected chi connectivity index (χ3v) is 6.56. The van der Waals surface area contributed by atoms with Crippen LogP contribution >= 0.6 is 0 Å². The number of hydrogen-bond acceptors (Lipinski definition) is 5. The molecule has 36 heavy (non-hydrogen) atoms. The molecule has 0 spiro atoms. The lowest BCUT2D eigenvalue weighted by Crippen LogP contribution is -2.32. The van der Waals surface area contributed by atoms with Crippen molar-refractivity contribution in [1.29, 1.82) is 0 Å². The highest BCUT2D eigenvalue weighted by Crippen LogP contribution is 2.27. The minimum absolute atomic E-state index is 0.0232. The van der Waals surface area contributed by atoms with Gasteiger partial charge in [-0.2, -0.15) is 0 Å². The Bertz CT molecular complexity index is 1160. The van der Waals surface area contributed by atoms with Gasteiger partial charge in [0.1, 0.15) is 0 Å². The molecule has 2 aromatic heterocycles. The van der Waals surface area contributed by atoms with Gasteiger partial charge in [0, 0.05) is 55.9 Å². The molecule has 2 amide bonds. The Morgan fingerprint density at radius 2 is 1.78 bits per heavy atom. The van der Waals surface area contributed by atoms with Gasteiger partial charge in [-0.3, -0.25) is 24.5 Å². The summed E-state index contributed by atoms with van der Waals surface area (Å²) in [6, 6.07) is 13.4. The number of carbonyl (C=O) groups excluding carboxylic acids is 2. The smallest absolute Gasteiger partial charge is 0.255 e. The van der Waals surface area contributed by atoms with Crippen molar-refractivity contribution in [2.24, 2.45) is 0 Å². The van der Waals surface area contributed by atoms with Crippen LogP contribution in [0.3, 0.4) is 0 Å². The molecule has 7 heteroatoms. The van der Waals surface area contributed by atoms with E-state index in [1.54, 1.807) is 19.3 Å². The number of hydrogen-bond donors (Lipinski definition) is 1. The van der Waals surface area contributed by atoms with Crippen molar-refractivity contribution in [3.8, 4) is 0 Å². The second kappa shape index (κ2) is 12.4. The lowest BCUT2D eigenvalue weighted by atomic mass is 10.0. The van der Waals surface area contributed by atoms with Crippen LogP contribution in [-0.2, 0) is 17.9 Å². The van der Waals surface area contributed by atoms with Gasteiger partial charge in [0.25, 0.3) is 5.91 Å². The van der Waals surface area contributed by atoms with Crippen molar-refractivity contribution in [2.75, 3.05) is 23.3 Å². The Hall–Kier alpha value is -3.58. The summed E-state index contributed by atoms with van der Waals surface area (Å²) in [6.07, 6.45) is 10.9. The number of anilines is 2. The van der Waals surface area contributed by atoms with Gasteiger partial charge in [0.15, 0.2) is 0 Å². The number of nitrogens with zero attached hydrogens (tertiary/aromatic N) is 4. The van der Waals surface area contributed by atoms with E-state index in [-0.39, 0.29) is 11.8 Å². The molecular formula is C29H35N5O2. The van der Waals surface area contributed by atoms with Gasteiger partial charge in [-0.15, -0.1) is 0 Å². The Balaban J connectivity index is 1.66. The van der Waals surface area contributed by atoms with E-state index in [0.29, 0.717) is 24.3 Å². The normalized spacial score (nSPS) is 15.3. The molecule has 7 nitrogen and oxygen atoms in total. The molecule has 1 aliphatic heterocycles. The number of fused-ring (bicyclic) bond motifs is 1. The zero-order chi connectivity index (χ0) is 25.3. The maximum absolute atomic E-state index is 13.1. The van der Waals surface area contributed by atoms with Crippen LogP contribution in [-0.4, -0.2) is 39.8 Å². The molecule has 3 aromatic rings. The highest BCUT2D eigenvalue weighted by atomic mass is 16.2. The first-order chi connectivity index (χ1) is 17.5. The van der Waals surface area contributed by atoms with Crippen LogP contribution in [0.15, 0.2) is 61.1 Å². The standard InChI is InChI=1S/C29H35N5O2/c1-22-10-12-27(19-31-22)32-29(36)25-11-13-28-26(17-25)21-33(20-24-9-8-14-30-18-24)15-6-4-3-5-7-16-34(28)23(2)35/h8-14,17-19H,3-7,15-16,20-21H2,1-2H3,(H,32,36). The third kappa shape index (κ3) is 6.98. The van der Waals surface area contributed by atoms with Gasteiger partial charge in [0.05, 0.1) is 11.9 Å². The molecule has 1 aliphatic rings. The fourth-order valence-electron chi connectivity index (χ4n) is 4.65. The highest BCUT2D eigenvalue weighted by Gasteiger charge is 2.20. The first-order valence-electron chi connectivity index (χ1n) is 12.8. The molecule has 4 rings (SSSR count). The summed E-state index contributed by atoms with van der Waals surface area (Å²) in [5.41, 5.74) is 5.12. The number of nitrogens with one attached hydrogen (secondary N) is 1. The summed E-state index contributed by atoms with van der Waals surface area (Å²) < 4.78 is 0. The molecule has 0 radical (unpaired) electrons. The van der Waals surface area contributed by atoms with Crippen LogP contribution in [0.4, 0.5) is 11.4 Å². The van der Waals surface area contributed by atoms with Gasteiger partial charge >= 0.3 is 0 Å². The minimum Gasteiger partial charge on any atom is -0.321 e. The van der Waals surface area contributed by atoms with Crippen LogP contribution in [0.5, 0.6) is 0 Å². The number of amides is 2. The molecule has 0 saturated carbocycles. The molecule has 3 heterocycles. The molecular weight excluding hydrogens is 450 g/mol. The Morgan fingerprint density at radius 3 is 2.50 bits per heavy atom. The molecule has 0 bridgehead atoms. The largest absolute Gasteiger partial charge is 0.321 e. The van der Waals surface area contributed by atoms with E-state index in [0.717, 1.165) is 54.9 Å². The molecule has 0 unspecified atom stereocenters. The van der Waals surface area contributed by atoms with Crippen molar-refractivity contribution in [2.45, 2.75) is 59.0 Å². The number of pyridine rings is 2. The average molecular weight is 486 g/mol. The van der Waals surface area contributed by atoms with Crippen LogP contribution < -0.4 is 10.2 Å². The van der Waals surface area contributed by atoms with E-state index in [4.69, 9.17) is 0 Å². The van der Waals surface area contributed by atoms with E-state index in [2.05, 4.69) is 26.3 Å². The fraction of sp³-hybridized carbons (Fsp3) is 0.379. The van der Waals surface area contributed by atoms with E-state index in [9.17, 15) is 9.59 Å². The first-order valence-corrected chi connectivity index (χ1v) is 12.8. The molecule has 0 aliphatic carbocycles. The predicted octanol–water partition coefficient (Wildman–Crippen LogP) is 5.36. The van der Waals surface area contributed by atoms with Crippen LogP contribution in [0, 0.1) is 6.92 Å². The van der Waals surface area contributed by atoms with Crippen molar-refractivity contribution < 1.29 is 9.59 Å². The van der Waals surface area contributed by atoms with Gasteiger partial charge in [-0.25, -0.2) is 0 Å². The number of aryl methyl sites for hydroxylation is 1. The zero-order valence-electron chi connectivity index (χ0n) is 21.2. The maximum Gasteiger partial charge on any atom is 0.255 e. The van der Waals surface area contributed by atoms with Gasteiger partial charge in [0.2, 0.25) is 5.91 Å². The maximum atomic E-state index is 13.1. The highest BCUT2D eigenvalue weighted by molar-refractivity contribution is 6.05. The van der Waals surface area contributed by atoms with Crippen LogP contribution in [0.2, 0.25) is 0 Å². The van der Waals surface area contributed by atoms with E-state index < -0.39 is 0 Å². The first kappa shape index (κ1) is 25.5. The van der Waals surface area contributed by atoms with Crippen molar-refractivity contribution in [1.82, 2.24) is 14.9 Å². The Kier molecular flexibility index (Phi) is 8.79. The number of aromatic nitrogens is 2. The SMILES string of the molecule is CC(=O)N1CCCCCCCN(Cc2cccnc2)Cc2cc(C(=O)Nc3ccc(C)nc3)ccc21. The average Bonchev–Trinajstić information content (AvgIpc) is 2.87. The predicted molar refractivity (Wildman–Crippen MR) is 143 cm³/mol. The quantitative estimate of drug-likeness (QED) is 0.538. The number of rotatable bonds is 4. The second-order valence-corrected chi connectivity index (χ2v) is 9.50. The van der Waals surface area contributed by atoms with E-state index >= 15 is 0 Å². The molecule has 0 saturated heterocycles. The summed E-state index contributed by atoms with van der Waals surface area (Å²) in [7, 11) is 0. The summed E-state index contributed by atoms with van der Waals surface area (Å²) in [5, 5.41) is 2.94. The summed E-state index contributed by atoms with van der Waals surface area (Å²) in [5.74, 6) is -0.169. The summed E-state index contributed by atoms with van der Waals surface area (Å²) in [4.78, 5) is 38.6. The van der Waals surface area contributed by atoms with E-state index in [1.807, 2.05) is 54.4 Å². The van der Waals surface area contributed by atoms with Crippen LogP contribution in [0.1, 0.15) is 66.2 Å². The molecule has 1 aromatic carbocycles. The lowest BCUT2D eigenvalue weighted by molar-refractivity contribution is -0.116. The third-order valence-electron chi connectivity index (χ3n) is 6.56. The molecule has 1 N–H and O–H groups in total. The monoisotopic (exact) mass is 485 g/mol. The summed E-state index contributed by atoms with van der Waals surface area (Å²) >= 11 is 0. The molecule has 188 valence electrons. The fourth-order valence-corrected chi connectivity index (χ4v) is 4.65.